The molecule has 0 unspecified atom stereocenters. The van der Waals surface area contributed by atoms with E-state index in [1.54, 1.807) is 39.0 Å². The molecule has 0 spiro atoms. The van der Waals surface area contributed by atoms with Crippen LogP contribution in [-0.2, 0) is 5.60 Å². The number of carbonyl (C=O) groups is 1. The maximum Gasteiger partial charge on any atom is 0.262 e. The Morgan fingerprint density at radius 1 is 1.11 bits per heavy atom. The van der Waals surface area contributed by atoms with Gasteiger partial charge in [0.15, 0.2) is 5.82 Å². The zero-order valence-electron chi connectivity index (χ0n) is 20.1. The van der Waals surface area contributed by atoms with Crippen molar-refractivity contribution in [3.05, 3.63) is 82.3 Å². The number of hydrogen-bond acceptors (Lipinski definition) is 6. The molecule has 4 rings (SSSR count). The molecule has 2 heterocycles. The molecule has 0 radical (unpaired) electrons. The zero-order chi connectivity index (χ0) is 27.1. The zero-order valence-corrected chi connectivity index (χ0v) is 20.8. The van der Waals surface area contributed by atoms with Crippen LogP contribution < -0.4 is 11.1 Å². The minimum absolute atomic E-state index is 0.0791. The monoisotopic (exact) mass is 529 g/mol. The first-order valence-electron chi connectivity index (χ1n) is 11.2. The number of nitrogens with two attached hydrogens (primary N) is 1. The SMILES string of the molecule is Cc1nc2ccc(-c3cnc(C(C)(C)O)nc3)cc2c(N[C@@H](c2cc(C(N)=O)ccc2F)C(F)F)c1Cl. The lowest BCUT2D eigenvalue weighted by atomic mass is 10.0. The number of anilines is 1. The van der Waals surface area contributed by atoms with Gasteiger partial charge in [0, 0.05) is 34.5 Å². The first-order valence-corrected chi connectivity index (χ1v) is 11.5. The number of fused-ring (bicyclic) bond motifs is 1. The summed E-state index contributed by atoms with van der Waals surface area (Å²) in [5.41, 5.74) is 5.69. The number of aromatic nitrogens is 3. The van der Waals surface area contributed by atoms with Gasteiger partial charge in [-0.15, -0.1) is 0 Å². The Morgan fingerprint density at radius 3 is 2.38 bits per heavy atom. The van der Waals surface area contributed by atoms with Crippen molar-refractivity contribution in [2.24, 2.45) is 5.73 Å². The molecule has 0 aliphatic carbocycles. The van der Waals surface area contributed by atoms with Crippen LogP contribution in [0.5, 0.6) is 0 Å². The maximum atomic E-state index is 14.6. The normalized spacial score (nSPS) is 12.7. The number of aliphatic hydroxyl groups is 1. The summed E-state index contributed by atoms with van der Waals surface area (Å²) < 4.78 is 43.1. The molecule has 0 saturated carbocycles. The van der Waals surface area contributed by atoms with E-state index in [-0.39, 0.29) is 22.1 Å². The van der Waals surface area contributed by atoms with Gasteiger partial charge in [0.2, 0.25) is 5.91 Å². The van der Waals surface area contributed by atoms with Crippen LogP contribution in [0.2, 0.25) is 5.02 Å². The Bertz CT molecular complexity index is 1490. The highest BCUT2D eigenvalue weighted by Gasteiger charge is 2.28. The Morgan fingerprint density at radius 2 is 1.78 bits per heavy atom. The van der Waals surface area contributed by atoms with E-state index < -0.39 is 35.4 Å². The molecule has 192 valence electrons. The van der Waals surface area contributed by atoms with Gasteiger partial charge >= 0.3 is 0 Å². The lowest BCUT2D eigenvalue weighted by Gasteiger charge is -2.23. The summed E-state index contributed by atoms with van der Waals surface area (Å²) in [4.78, 5) is 24.4. The molecule has 1 amide bonds. The average Bonchev–Trinajstić information content (AvgIpc) is 2.84. The standard InChI is InChI=1S/C26H23ClF3N5O2/c1-12-20(27)21(35-22(23(29)30)16-9-14(24(31)36)4-6-18(16)28)17-8-13(5-7-19(17)34-12)15-10-32-25(33-11-15)26(2,3)37/h4-11,22-23,37H,1-3H3,(H2,31,36)(H,34,35)/t22-/m0/s1. The number of primary amides is 1. The van der Waals surface area contributed by atoms with Crippen molar-refractivity contribution in [2.75, 3.05) is 5.32 Å². The number of nitrogens with zero attached hydrogens (tertiary/aromatic N) is 3. The van der Waals surface area contributed by atoms with Gasteiger partial charge in [-0.1, -0.05) is 17.7 Å². The molecular formula is C26H23ClF3N5O2. The van der Waals surface area contributed by atoms with Crippen LogP contribution in [0.25, 0.3) is 22.0 Å². The highest BCUT2D eigenvalue weighted by molar-refractivity contribution is 6.35. The van der Waals surface area contributed by atoms with E-state index >= 15 is 0 Å². The smallest absolute Gasteiger partial charge is 0.262 e. The quantitative estimate of drug-likeness (QED) is 0.290. The van der Waals surface area contributed by atoms with Gasteiger partial charge in [0.25, 0.3) is 6.43 Å². The Hall–Kier alpha value is -3.76. The highest BCUT2D eigenvalue weighted by Crippen LogP contribution is 2.38. The molecule has 2 aromatic carbocycles. The third-order valence-corrected chi connectivity index (χ3v) is 6.25. The summed E-state index contributed by atoms with van der Waals surface area (Å²) in [5.74, 6) is -1.57. The summed E-state index contributed by atoms with van der Waals surface area (Å²) >= 11 is 6.51. The number of rotatable bonds is 7. The van der Waals surface area contributed by atoms with E-state index in [0.29, 0.717) is 27.7 Å². The van der Waals surface area contributed by atoms with Crippen LogP contribution in [-0.4, -0.2) is 32.4 Å². The fourth-order valence-electron chi connectivity index (χ4n) is 3.84. The Balaban J connectivity index is 1.84. The molecule has 2 aromatic heterocycles. The first kappa shape index (κ1) is 26.3. The van der Waals surface area contributed by atoms with Gasteiger partial charge in [0.05, 0.1) is 21.9 Å². The molecule has 0 aliphatic rings. The number of amides is 1. The molecular weight excluding hydrogens is 507 g/mol. The number of aryl methyl sites for hydroxylation is 1. The van der Waals surface area contributed by atoms with E-state index in [0.717, 1.165) is 18.2 Å². The fraction of sp³-hybridized carbons (Fsp3) is 0.231. The summed E-state index contributed by atoms with van der Waals surface area (Å²) in [6.07, 6.45) is -0.00209. The number of hydrogen-bond donors (Lipinski definition) is 3. The van der Waals surface area contributed by atoms with E-state index in [4.69, 9.17) is 17.3 Å². The number of pyridine rings is 1. The topological polar surface area (TPSA) is 114 Å². The van der Waals surface area contributed by atoms with Gasteiger partial charge in [-0.25, -0.2) is 23.1 Å². The first-order chi connectivity index (χ1) is 17.4. The third kappa shape index (κ3) is 5.35. The molecule has 7 nitrogen and oxygen atoms in total. The minimum Gasteiger partial charge on any atom is -0.382 e. The van der Waals surface area contributed by atoms with Crippen LogP contribution in [0.15, 0.2) is 48.8 Å². The van der Waals surface area contributed by atoms with Crippen molar-refractivity contribution in [1.29, 1.82) is 0 Å². The second-order valence-electron chi connectivity index (χ2n) is 9.03. The van der Waals surface area contributed by atoms with Crippen molar-refractivity contribution in [3.8, 4) is 11.1 Å². The lowest BCUT2D eigenvalue weighted by molar-refractivity contribution is 0.0687. The van der Waals surface area contributed by atoms with Gasteiger partial charge in [-0.2, -0.15) is 0 Å². The van der Waals surface area contributed by atoms with Crippen molar-refractivity contribution in [3.63, 3.8) is 0 Å². The average molecular weight is 530 g/mol. The van der Waals surface area contributed by atoms with Gasteiger partial charge in [-0.05, 0) is 56.7 Å². The number of nitrogens with one attached hydrogen (secondary N) is 1. The van der Waals surface area contributed by atoms with Crippen LogP contribution in [0.1, 0.15) is 47.3 Å². The molecule has 0 fully saturated rings. The Kier molecular flexibility index (Phi) is 7.07. The largest absolute Gasteiger partial charge is 0.382 e. The molecule has 0 saturated heterocycles. The molecule has 4 N–H and O–H groups in total. The number of halogens is 4. The fourth-order valence-corrected chi connectivity index (χ4v) is 4.04. The molecule has 0 aliphatic heterocycles. The second-order valence-corrected chi connectivity index (χ2v) is 9.41. The molecule has 37 heavy (non-hydrogen) atoms. The van der Waals surface area contributed by atoms with E-state index in [1.807, 2.05) is 0 Å². The molecule has 0 bridgehead atoms. The molecule has 4 aromatic rings. The number of benzene rings is 2. The second kappa shape index (κ2) is 9.95. The van der Waals surface area contributed by atoms with Gasteiger partial charge < -0.3 is 16.2 Å². The number of carbonyl (C=O) groups excluding carboxylic acids is 1. The molecule has 11 heteroatoms. The van der Waals surface area contributed by atoms with Crippen molar-refractivity contribution >= 4 is 34.1 Å². The van der Waals surface area contributed by atoms with Crippen LogP contribution in [0.4, 0.5) is 18.9 Å². The molecule has 1 atom stereocenters. The highest BCUT2D eigenvalue weighted by atomic mass is 35.5. The summed E-state index contributed by atoms with van der Waals surface area (Å²) in [7, 11) is 0. The summed E-state index contributed by atoms with van der Waals surface area (Å²) in [6, 6.07) is 6.32. The summed E-state index contributed by atoms with van der Waals surface area (Å²) in [5, 5.41) is 13.3. The predicted octanol–water partition coefficient (Wildman–Crippen LogP) is 5.54. The van der Waals surface area contributed by atoms with Crippen molar-refractivity contribution in [1.82, 2.24) is 15.0 Å². The predicted molar refractivity (Wildman–Crippen MR) is 135 cm³/mol. The van der Waals surface area contributed by atoms with Crippen LogP contribution in [0, 0.1) is 12.7 Å². The number of alkyl halides is 2. The summed E-state index contributed by atoms with van der Waals surface area (Å²) in [6.45, 7) is 4.75. The van der Waals surface area contributed by atoms with Gasteiger partial charge in [0.1, 0.15) is 17.5 Å². The van der Waals surface area contributed by atoms with E-state index in [2.05, 4.69) is 20.3 Å². The Labute approximate surface area is 215 Å². The van der Waals surface area contributed by atoms with Crippen LogP contribution >= 0.6 is 11.6 Å². The van der Waals surface area contributed by atoms with Crippen LogP contribution in [0.3, 0.4) is 0 Å². The van der Waals surface area contributed by atoms with E-state index in [9.17, 15) is 23.1 Å². The third-order valence-electron chi connectivity index (χ3n) is 5.79. The minimum atomic E-state index is -3.07. The van der Waals surface area contributed by atoms with Gasteiger partial charge in [-0.3, -0.25) is 9.78 Å². The lowest BCUT2D eigenvalue weighted by Crippen LogP contribution is -2.22. The van der Waals surface area contributed by atoms with Crippen molar-refractivity contribution < 1.29 is 23.1 Å². The maximum absolute atomic E-state index is 14.6. The van der Waals surface area contributed by atoms with Crippen molar-refractivity contribution in [2.45, 2.75) is 38.8 Å². The van der Waals surface area contributed by atoms with E-state index in [1.165, 1.54) is 12.4 Å².